The maximum atomic E-state index is 12.9. The predicted octanol–water partition coefficient (Wildman–Crippen LogP) is 3.23. The van der Waals surface area contributed by atoms with Gasteiger partial charge in [0.1, 0.15) is 11.6 Å². The van der Waals surface area contributed by atoms with Crippen molar-refractivity contribution in [2.24, 2.45) is 0 Å². The van der Waals surface area contributed by atoms with Gasteiger partial charge in [-0.05, 0) is 42.5 Å². The van der Waals surface area contributed by atoms with Gasteiger partial charge in [-0.2, -0.15) is 4.98 Å². The number of benzene rings is 1. The summed E-state index contributed by atoms with van der Waals surface area (Å²) in [5, 5.41) is 3.75. The van der Waals surface area contributed by atoms with Crippen molar-refractivity contribution in [3.8, 4) is 11.4 Å². The van der Waals surface area contributed by atoms with Crippen LogP contribution in [0.3, 0.4) is 0 Å². The molecule has 3 rings (SSSR count). The van der Waals surface area contributed by atoms with E-state index in [1.54, 1.807) is 12.1 Å². The summed E-state index contributed by atoms with van der Waals surface area (Å²) in [5.41, 5.74) is 0.602. The van der Waals surface area contributed by atoms with E-state index in [2.05, 4.69) is 10.1 Å². The molecular formula is C16H11FN2O4. The number of ether oxygens (including phenoxy) is 1. The Morgan fingerprint density at radius 2 is 2.09 bits per heavy atom. The highest BCUT2D eigenvalue weighted by molar-refractivity contribution is 5.86. The zero-order chi connectivity index (χ0) is 16.1. The van der Waals surface area contributed by atoms with Gasteiger partial charge in [0.2, 0.25) is 5.82 Å². The van der Waals surface area contributed by atoms with E-state index in [1.807, 2.05) is 0 Å². The Hall–Kier alpha value is -3.22. The lowest BCUT2D eigenvalue weighted by molar-refractivity contribution is -0.139. The van der Waals surface area contributed by atoms with Gasteiger partial charge in [0, 0.05) is 11.6 Å². The maximum absolute atomic E-state index is 12.9. The van der Waals surface area contributed by atoms with Crippen LogP contribution in [0.15, 0.2) is 57.7 Å². The van der Waals surface area contributed by atoms with Crippen molar-refractivity contribution < 1.29 is 22.9 Å². The van der Waals surface area contributed by atoms with Crippen molar-refractivity contribution in [3.63, 3.8) is 0 Å². The van der Waals surface area contributed by atoms with Crippen molar-refractivity contribution in [1.82, 2.24) is 10.1 Å². The zero-order valence-corrected chi connectivity index (χ0v) is 11.8. The molecule has 0 saturated carbocycles. The van der Waals surface area contributed by atoms with E-state index in [0.29, 0.717) is 17.1 Å². The van der Waals surface area contributed by atoms with Crippen molar-refractivity contribution in [2.75, 3.05) is 0 Å². The first-order valence-electron chi connectivity index (χ1n) is 6.67. The molecule has 0 amide bonds. The summed E-state index contributed by atoms with van der Waals surface area (Å²) in [6.45, 7) is -0.157. The molecule has 1 aromatic carbocycles. The fraction of sp³-hybridized carbons (Fsp3) is 0.0625. The van der Waals surface area contributed by atoms with E-state index < -0.39 is 5.97 Å². The molecule has 0 radical (unpaired) electrons. The second kappa shape index (κ2) is 6.69. The van der Waals surface area contributed by atoms with E-state index in [4.69, 9.17) is 13.7 Å². The summed E-state index contributed by atoms with van der Waals surface area (Å²) < 4.78 is 27.8. The van der Waals surface area contributed by atoms with E-state index in [0.717, 1.165) is 0 Å². The van der Waals surface area contributed by atoms with Gasteiger partial charge in [0.05, 0.1) is 6.26 Å². The third kappa shape index (κ3) is 3.91. The normalized spacial score (nSPS) is 11.0. The average molecular weight is 314 g/mol. The van der Waals surface area contributed by atoms with Crippen LogP contribution in [-0.4, -0.2) is 16.1 Å². The van der Waals surface area contributed by atoms with Gasteiger partial charge < -0.3 is 13.7 Å². The fourth-order valence-electron chi connectivity index (χ4n) is 1.75. The first-order valence-corrected chi connectivity index (χ1v) is 6.67. The number of furan rings is 1. The van der Waals surface area contributed by atoms with Crippen LogP contribution in [0.5, 0.6) is 0 Å². The van der Waals surface area contributed by atoms with E-state index in [1.165, 1.54) is 42.7 Å². The Morgan fingerprint density at radius 1 is 1.26 bits per heavy atom. The standard InChI is InChI=1S/C16H11FN2O4/c17-12-5-3-11(4-6-12)16-18-14(23-19-16)10-22-15(20)8-7-13-2-1-9-21-13/h1-9H,10H2/b8-7+. The number of rotatable bonds is 5. The summed E-state index contributed by atoms with van der Waals surface area (Å²) in [5.74, 6) is 0.0576. The highest BCUT2D eigenvalue weighted by Gasteiger charge is 2.10. The molecule has 6 nitrogen and oxygen atoms in total. The minimum atomic E-state index is -0.567. The van der Waals surface area contributed by atoms with Crippen molar-refractivity contribution in [1.29, 1.82) is 0 Å². The summed E-state index contributed by atoms with van der Waals surface area (Å²) in [6, 6.07) is 9.07. The second-order valence-corrected chi connectivity index (χ2v) is 4.48. The number of nitrogens with zero attached hydrogens (tertiary/aromatic N) is 2. The topological polar surface area (TPSA) is 78.4 Å². The number of halogens is 1. The van der Waals surface area contributed by atoms with Crippen LogP contribution >= 0.6 is 0 Å². The Bertz CT molecular complexity index is 807. The van der Waals surface area contributed by atoms with Crippen molar-refractivity contribution in [2.45, 2.75) is 6.61 Å². The van der Waals surface area contributed by atoms with Crippen LogP contribution in [-0.2, 0) is 16.1 Å². The molecule has 0 saturated heterocycles. The summed E-state index contributed by atoms with van der Waals surface area (Å²) >= 11 is 0. The highest BCUT2D eigenvalue weighted by Crippen LogP contribution is 2.16. The molecule has 0 atom stereocenters. The van der Waals surface area contributed by atoms with Gasteiger partial charge >= 0.3 is 5.97 Å². The van der Waals surface area contributed by atoms with Gasteiger partial charge in [-0.3, -0.25) is 0 Å². The molecule has 0 aliphatic heterocycles. The lowest BCUT2D eigenvalue weighted by Gasteiger charge is -1.96. The second-order valence-electron chi connectivity index (χ2n) is 4.48. The average Bonchev–Trinajstić information content (AvgIpc) is 3.23. The van der Waals surface area contributed by atoms with Crippen LogP contribution in [0.1, 0.15) is 11.7 Å². The molecule has 116 valence electrons. The van der Waals surface area contributed by atoms with Crippen molar-refractivity contribution >= 4 is 12.0 Å². The van der Waals surface area contributed by atoms with Crippen LogP contribution in [0.2, 0.25) is 0 Å². The maximum Gasteiger partial charge on any atom is 0.331 e. The molecule has 0 spiro atoms. The van der Waals surface area contributed by atoms with E-state index in [-0.39, 0.29) is 18.3 Å². The number of aromatic nitrogens is 2. The number of carbonyl (C=O) groups is 1. The molecule has 0 unspecified atom stereocenters. The van der Waals surface area contributed by atoms with Crippen LogP contribution in [0.4, 0.5) is 4.39 Å². The lowest BCUT2D eigenvalue weighted by atomic mass is 10.2. The smallest absolute Gasteiger partial charge is 0.331 e. The Labute approximate surface area is 130 Å². The minimum absolute atomic E-state index is 0.143. The van der Waals surface area contributed by atoms with E-state index >= 15 is 0 Å². The molecule has 3 aromatic rings. The summed E-state index contributed by atoms with van der Waals surface area (Å²) in [4.78, 5) is 15.6. The molecule has 2 aromatic heterocycles. The molecule has 2 heterocycles. The van der Waals surface area contributed by atoms with Gasteiger partial charge in [-0.1, -0.05) is 5.16 Å². The summed E-state index contributed by atoms with van der Waals surface area (Å²) in [7, 11) is 0. The molecule has 23 heavy (non-hydrogen) atoms. The molecule has 0 fully saturated rings. The minimum Gasteiger partial charge on any atom is -0.465 e. The van der Waals surface area contributed by atoms with Crippen molar-refractivity contribution in [3.05, 3.63) is 66.2 Å². The SMILES string of the molecule is O=C(/C=C/c1ccco1)OCc1nc(-c2ccc(F)cc2)no1. The van der Waals surface area contributed by atoms with E-state index in [9.17, 15) is 9.18 Å². The zero-order valence-electron chi connectivity index (χ0n) is 11.8. The predicted molar refractivity (Wildman–Crippen MR) is 77.2 cm³/mol. The first-order chi connectivity index (χ1) is 11.2. The number of hydrogen-bond donors (Lipinski definition) is 0. The van der Waals surface area contributed by atoms with Crippen LogP contribution < -0.4 is 0 Å². The molecule has 0 aliphatic carbocycles. The lowest BCUT2D eigenvalue weighted by Crippen LogP contribution is -2.00. The third-order valence-corrected chi connectivity index (χ3v) is 2.84. The van der Waals surface area contributed by atoms with Crippen LogP contribution in [0.25, 0.3) is 17.5 Å². The Balaban J connectivity index is 1.57. The Kier molecular flexibility index (Phi) is 4.28. The monoisotopic (exact) mass is 314 g/mol. The number of esters is 1. The highest BCUT2D eigenvalue weighted by atomic mass is 19.1. The molecule has 7 heteroatoms. The number of hydrogen-bond acceptors (Lipinski definition) is 6. The largest absolute Gasteiger partial charge is 0.465 e. The van der Waals surface area contributed by atoms with Gasteiger partial charge in [0.25, 0.3) is 5.89 Å². The molecular weight excluding hydrogens is 303 g/mol. The summed E-state index contributed by atoms with van der Waals surface area (Å²) in [6.07, 6.45) is 4.22. The van der Waals surface area contributed by atoms with Crippen LogP contribution in [0, 0.1) is 5.82 Å². The molecule has 0 N–H and O–H groups in total. The Morgan fingerprint density at radius 3 is 2.83 bits per heavy atom. The number of carbonyl (C=O) groups excluding carboxylic acids is 1. The molecule has 0 aliphatic rings. The first kappa shape index (κ1) is 14.7. The van der Waals surface area contributed by atoms with Gasteiger partial charge in [-0.25, -0.2) is 9.18 Å². The third-order valence-electron chi connectivity index (χ3n) is 2.84. The van der Waals surface area contributed by atoms with Gasteiger partial charge in [-0.15, -0.1) is 0 Å². The fourth-order valence-corrected chi connectivity index (χ4v) is 1.75. The quantitative estimate of drug-likeness (QED) is 0.531. The van der Waals surface area contributed by atoms with Gasteiger partial charge in [0.15, 0.2) is 6.61 Å². The molecule has 0 bridgehead atoms.